The van der Waals surface area contributed by atoms with E-state index in [9.17, 15) is 13.2 Å². The van der Waals surface area contributed by atoms with Crippen LogP contribution in [0, 0.1) is 0 Å². The van der Waals surface area contributed by atoms with Crippen LogP contribution >= 0.6 is 0 Å². The third kappa shape index (κ3) is 5.35. The van der Waals surface area contributed by atoms with Crippen molar-refractivity contribution in [3.8, 4) is 11.5 Å². The summed E-state index contributed by atoms with van der Waals surface area (Å²) in [5.41, 5.74) is 3.73. The summed E-state index contributed by atoms with van der Waals surface area (Å²) in [7, 11) is -2.69. The summed E-state index contributed by atoms with van der Waals surface area (Å²) in [6.45, 7) is 3.96. The summed E-state index contributed by atoms with van der Waals surface area (Å²) in [5, 5.41) is 9.56. The molecule has 9 nitrogen and oxygen atoms in total. The van der Waals surface area contributed by atoms with Gasteiger partial charge in [0.1, 0.15) is 11.4 Å². The van der Waals surface area contributed by atoms with Gasteiger partial charge in [0.05, 0.1) is 30.3 Å². The molecule has 1 heterocycles. The topological polar surface area (TPSA) is 118 Å². The Morgan fingerprint density at radius 2 is 1.73 bits per heavy atom. The molecule has 0 aliphatic heterocycles. The van der Waals surface area contributed by atoms with Gasteiger partial charge < -0.3 is 9.47 Å². The fourth-order valence-corrected chi connectivity index (χ4v) is 5.52. The van der Waals surface area contributed by atoms with Gasteiger partial charge in [0.15, 0.2) is 5.75 Å². The predicted octanol–water partition coefficient (Wildman–Crippen LogP) is 5.24. The standard InChI is InChI=1S/C27H27N3O6S/c1-18(2)22-10-7-11-23-25(22)28-16-24(36-27(31)29-32)26(23)30(17-19-8-5-4-6-9-19)37(33,34)21-14-12-20(35-3)13-15-21/h4-16,18,32H,17H2,1-3H3,(H,29,31). The first-order valence-electron chi connectivity index (χ1n) is 11.5. The average Bonchev–Trinajstić information content (AvgIpc) is 2.91. The minimum atomic E-state index is -4.19. The van der Waals surface area contributed by atoms with E-state index in [4.69, 9.17) is 14.7 Å². The molecule has 4 rings (SSSR count). The second-order valence-electron chi connectivity index (χ2n) is 8.54. The van der Waals surface area contributed by atoms with Crippen molar-refractivity contribution in [3.63, 3.8) is 0 Å². The number of rotatable bonds is 8. The van der Waals surface area contributed by atoms with Crippen LogP contribution in [0.4, 0.5) is 10.5 Å². The van der Waals surface area contributed by atoms with Crippen LogP contribution in [0.5, 0.6) is 11.5 Å². The average molecular weight is 522 g/mol. The van der Waals surface area contributed by atoms with Crippen molar-refractivity contribution >= 4 is 32.7 Å². The lowest BCUT2D eigenvalue weighted by Gasteiger charge is -2.28. The summed E-state index contributed by atoms with van der Waals surface area (Å²) < 4.78 is 40.0. The number of hydrogen-bond acceptors (Lipinski definition) is 7. The highest BCUT2D eigenvalue weighted by Gasteiger charge is 2.31. The molecule has 2 N–H and O–H groups in total. The van der Waals surface area contributed by atoms with Crippen LogP contribution in [0.2, 0.25) is 0 Å². The second kappa shape index (κ2) is 10.9. The van der Waals surface area contributed by atoms with Gasteiger partial charge in [0, 0.05) is 5.39 Å². The molecule has 0 saturated carbocycles. The summed E-state index contributed by atoms with van der Waals surface area (Å²) in [6, 6.07) is 20.6. The highest BCUT2D eigenvalue weighted by atomic mass is 32.2. The first-order chi connectivity index (χ1) is 17.8. The zero-order chi connectivity index (χ0) is 26.6. The number of anilines is 1. The quantitative estimate of drug-likeness (QED) is 0.240. The summed E-state index contributed by atoms with van der Waals surface area (Å²) >= 11 is 0. The lowest BCUT2D eigenvalue weighted by atomic mass is 9.99. The van der Waals surface area contributed by atoms with E-state index in [2.05, 4.69) is 4.98 Å². The number of carbonyl (C=O) groups excluding carboxylic acids is 1. The van der Waals surface area contributed by atoms with E-state index in [1.54, 1.807) is 36.4 Å². The molecular formula is C27H27N3O6S. The van der Waals surface area contributed by atoms with E-state index in [-0.39, 0.29) is 28.8 Å². The van der Waals surface area contributed by atoms with Gasteiger partial charge >= 0.3 is 6.09 Å². The molecule has 0 spiro atoms. The molecule has 192 valence electrons. The summed E-state index contributed by atoms with van der Waals surface area (Å²) in [6.07, 6.45) is 0.115. The number of nitrogens with one attached hydrogen (secondary N) is 1. The van der Waals surface area contributed by atoms with Crippen molar-refractivity contribution in [3.05, 3.63) is 90.1 Å². The van der Waals surface area contributed by atoms with Gasteiger partial charge in [-0.25, -0.2) is 18.7 Å². The molecule has 3 aromatic carbocycles. The third-order valence-corrected chi connectivity index (χ3v) is 7.61. The largest absolute Gasteiger partial charge is 0.497 e. The molecular weight excluding hydrogens is 494 g/mol. The maximum atomic E-state index is 14.2. The van der Waals surface area contributed by atoms with Crippen molar-refractivity contribution in [2.45, 2.75) is 31.2 Å². The Hall–Kier alpha value is -4.15. The number of para-hydroxylation sites is 1. The van der Waals surface area contributed by atoms with Gasteiger partial charge in [-0.1, -0.05) is 62.4 Å². The number of hydroxylamine groups is 1. The number of sulfonamides is 1. The zero-order valence-electron chi connectivity index (χ0n) is 20.6. The summed E-state index contributed by atoms with van der Waals surface area (Å²) in [4.78, 5) is 16.5. The molecule has 0 atom stereocenters. The number of aromatic nitrogens is 1. The van der Waals surface area contributed by atoms with Gasteiger partial charge in [-0.15, -0.1) is 0 Å². The van der Waals surface area contributed by atoms with Gasteiger partial charge in [-0.3, -0.25) is 14.5 Å². The van der Waals surface area contributed by atoms with E-state index in [1.807, 2.05) is 38.1 Å². The van der Waals surface area contributed by atoms with Crippen LogP contribution in [0.25, 0.3) is 10.9 Å². The molecule has 4 aromatic rings. The molecule has 0 aliphatic carbocycles. The number of methoxy groups -OCH3 is 1. The number of fused-ring (bicyclic) bond motifs is 1. The molecule has 1 aromatic heterocycles. The molecule has 0 unspecified atom stereocenters. The zero-order valence-corrected chi connectivity index (χ0v) is 21.4. The van der Waals surface area contributed by atoms with Crippen LogP contribution < -0.4 is 19.3 Å². The Bertz CT molecular complexity index is 1510. The molecule has 0 radical (unpaired) electrons. The minimum absolute atomic E-state index is 0.0202. The fraction of sp³-hybridized carbons (Fsp3) is 0.185. The molecule has 0 saturated heterocycles. The number of carbonyl (C=O) groups is 1. The van der Waals surface area contributed by atoms with Crippen molar-refractivity contribution in [2.75, 3.05) is 11.4 Å². The third-order valence-electron chi connectivity index (χ3n) is 5.85. The predicted molar refractivity (Wildman–Crippen MR) is 140 cm³/mol. The Balaban J connectivity index is 2.02. The van der Waals surface area contributed by atoms with E-state index in [0.717, 1.165) is 5.56 Å². The van der Waals surface area contributed by atoms with Crippen molar-refractivity contribution in [2.24, 2.45) is 0 Å². The Morgan fingerprint density at radius 1 is 1.03 bits per heavy atom. The monoisotopic (exact) mass is 521 g/mol. The van der Waals surface area contributed by atoms with Gasteiger partial charge in [0.25, 0.3) is 10.0 Å². The van der Waals surface area contributed by atoms with Gasteiger partial charge in [-0.05, 0) is 41.3 Å². The lowest BCUT2D eigenvalue weighted by Crippen LogP contribution is -2.32. The minimum Gasteiger partial charge on any atom is -0.497 e. The first-order valence-corrected chi connectivity index (χ1v) is 12.9. The normalized spacial score (nSPS) is 11.4. The Kier molecular flexibility index (Phi) is 7.61. The van der Waals surface area contributed by atoms with E-state index in [0.29, 0.717) is 22.2 Å². The second-order valence-corrected chi connectivity index (χ2v) is 10.4. The molecule has 1 amide bonds. The van der Waals surface area contributed by atoms with Gasteiger partial charge in [0.2, 0.25) is 0 Å². The number of pyridine rings is 1. The maximum absolute atomic E-state index is 14.2. The molecule has 0 fully saturated rings. The Morgan fingerprint density at radius 3 is 2.35 bits per heavy atom. The smallest absolute Gasteiger partial charge is 0.436 e. The molecule has 10 heteroatoms. The SMILES string of the molecule is COc1ccc(S(=O)(=O)N(Cc2ccccc2)c2c(OC(=O)NO)cnc3c(C(C)C)cccc23)cc1. The van der Waals surface area contributed by atoms with Crippen LogP contribution in [0.15, 0.2) is 83.9 Å². The number of benzene rings is 3. The highest BCUT2D eigenvalue weighted by molar-refractivity contribution is 7.92. The van der Waals surface area contributed by atoms with Crippen molar-refractivity contribution in [1.82, 2.24) is 10.5 Å². The van der Waals surface area contributed by atoms with Gasteiger partial charge in [-0.2, -0.15) is 0 Å². The molecule has 0 aliphatic rings. The van der Waals surface area contributed by atoms with E-state index >= 15 is 0 Å². The number of nitrogens with zero attached hydrogens (tertiary/aromatic N) is 2. The van der Waals surface area contributed by atoms with Crippen LogP contribution in [0.3, 0.4) is 0 Å². The highest BCUT2D eigenvalue weighted by Crippen LogP contribution is 2.41. The lowest BCUT2D eigenvalue weighted by molar-refractivity contribution is 0.127. The summed E-state index contributed by atoms with van der Waals surface area (Å²) in [5.74, 6) is 0.471. The van der Waals surface area contributed by atoms with Crippen molar-refractivity contribution in [1.29, 1.82) is 0 Å². The maximum Gasteiger partial charge on any atom is 0.436 e. The number of hydrogen-bond donors (Lipinski definition) is 2. The van der Waals surface area contributed by atoms with Crippen molar-refractivity contribution < 1.29 is 27.9 Å². The van der Waals surface area contributed by atoms with Crippen LogP contribution in [-0.4, -0.2) is 31.8 Å². The van der Waals surface area contributed by atoms with Crippen LogP contribution in [0.1, 0.15) is 30.9 Å². The molecule has 37 heavy (non-hydrogen) atoms. The fourth-order valence-electron chi connectivity index (χ4n) is 4.04. The number of ether oxygens (including phenoxy) is 2. The van der Waals surface area contributed by atoms with Crippen LogP contribution in [-0.2, 0) is 16.6 Å². The van der Waals surface area contributed by atoms with E-state index in [1.165, 1.54) is 35.2 Å². The van der Waals surface area contributed by atoms with E-state index < -0.39 is 16.1 Å². The Labute approximate surface area is 215 Å². The molecule has 0 bridgehead atoms. The number of amides is 1. The first kappa shape index (κ1) is 25.9.